The minimum Gasteiger partial charge on any atom is -0.367 e. The molecule has 146 valence electrons. The van der Waals surface area contributed by atoms with E-state index >= 15 is 0 Å². The number of rotatable bonds is 7. The lowest BCUT2D eigenvalue weighted by Crippen LogP contribution is -2.47. The van der Waals surface area contributed by atoms with E-state index in [9.17, 15) is 0 Å². The fourth-order valence-corrected chi connectivity index (χ4v) is 4.31. The second-order valence-electron chi connectivity index (χ2n) is 6.86. The maximum absolute atomic E-state index is 6.35. The van der Waals surface area contributed by atoms with Gasteiger partial charge in [0.2, 0.25) is 0 Å². The Balaban J connectivity index is 1.33. The summed E-state index contributed by atoms with van der Waals surface area (Å²) in [5.41, 5.74) is 2.29. The van der Waals surface area contributed by atoms with Gasteiger partial charge in [0.25, 0.3) is 0 Å². The van der Waals surface area contributed by atoms with Crippen LogP contribution < -0.4 is 4.90 Å². The zero-order chi connectivity index (χ0) is 19.2. The molecule has 0 radical (unpaired) electrons. The zero-order valence-corrected chi connectivity index (χ0v) is 17.3. The second-order valence-corrected chi connectivity index (χ2v) is 8.17. The third kappa shape index (κ3) is 4.92. The molecule has 1 saturated heterocycles. The van der Waals surface area contributed by atoms with Gasteiger partial charge in [-0.1, -0.05) is 54.1 Å². The van der Waals surface area contributed by atoms with Gasteiger partial charge in [0.05, 0.1) is 6.61 Å². The van der Waals surface area contributed by atoms with Gasteiger partial charge in [0.1, 0.15) is 6.10 Å². The average molecular weight is 414 g/mol. The molecule has 2 aromatic carbocycles. The van der Waals surface area contributed by atoms with Crippen molar-refractivity contribution in [2.75, 3.05) is 44.2 Å². The molecule has 0 bridgehead atoms. The first-order chi connectivity index (χ1) is 13.8. The van der Waals surface area contributed by atoms with Gasteiger partial charge in [-0.05, 0) is 23.3 Å². The second kappa shape index (κ2) is 9.52. The molecule has 0 saturated carbocycles. The molecule has 1 atom stereocenters. The molecule has 1 fully saturated rings. The van der Waals surface area contributed by atoms with Crippen molar-refractivity contribution in [1.82, 2.24) is 9.88 Å². The lowest BCUT2D eigenvalue weighted by Gasteiger charge is -2.34. The quantitative estimate of drug-likeness (QED) is 0.560. The van der Waals surface area contributed by atoms with E-state index < -0.39 is 0 Å². The number of nitrogens with zero attached hydrogens (tertiary/aromatic N) is 3. The standard InChI is InChI=1S/C22H24ClN3OS/c23-20-8-6-19(7-9-20)21(18-4-2-1-3-5-18)27-16-15-25-11-13-26(14-12-25)22-24-10-17-28-22/h1-10,17,21H,11-16H2. The molecule has 1 aliphatic heterocycles. The Labute approximate surface area is 175 Å². The van der Waals surface area contributed by atoms with Gasteiger partial charge in [0.15, 0.2) is 5.13 Å². The Morgan fingerprint density at radius 3 is 2.36 bits per heavy atom. The first kappa shape index (κ1) is 19.4. The largest absolute Gasteiger partial charge is 0.367 e. The van der Waals surface area contributed by atoms with Gasteiger partial charge in [0, 0.05) is 49.3 Å². The van der Waals surface area contributed by atoms with Crippen molar-refractivity contribution >= 4 is 28.1 Å². The summed E-state index contributed by atoms with van der Waals surface area (Å²) >= 11 is 7.77. The van der Waals surface area contributed by atoms with Crippen LogP contribution in [0.1, 0.15) is 17.2 Å². The van der Waals surface area contributed by atoms with Crippen LogP contribution in [-0.4, -0.2) is 49.2 Å². The molecular formula is C22H24ClN3OS. The summed E-state index contributed by atoms with van der Waals surface area (Å²) in [7, 11) is 0. The van der Waals surface area contributed by atoms with Crippen LogP contribution in [0.4, 0.5) is 5.13 Å². The van der Waals surface area contributed by atoms with Crippen LogP contribution in [0.15, 0.2) is 66.2 Å². The van der Waals surface area contributed by atoms with Gasteiger partial charge in [-0.2, -0.15) is 0 Å². The van der Waals surface area contributed by atoms with Crippen molar-refractivity contribution in [3.05, 3.63) is 82.3 Å². The van der Waals surface area contributed by atoms with E-state index in [-0.39, 0.29) is 6.10 Å². The van der Waals surface area contributed by atoms with Gasteiger partial charge < -0.3 is 9.64 Å². The van der Waals surface area contributed by atoms with E-state index in [4.69, 9.17) is 16.3 Å². The van der Waals surface area contributed by atoms with E-state index in [1.165, 1.54) is 5.56 Å². The molecule has 4 nitrogen and oxygen atoms in total. The first-order valence-corrected chi connectivity index (χ1v) is 10.8. The number of ether oxygens (including phenoxy) is 1. The highest BCUT2D eigenvalue weighted by Crippen LogP contribution is 2.27. The number of piperazine rings is 1. The molecule has 1 unspecified atom stereocenters. The van der Waals surface area contributed by atoms with Crippen molar-refractivity contribution in [1.29, 1.82) is 0 Å². The minimum atomic E-state index is -0.0740. The molecule has 3 aromatic rings. The molecule has 2 heterocycles. The number of thiazole rings is 1. The molecule has 0 N–H and O–H groups in total. The van der Waals surface area contributed by atoms with Gasteiger partial charge in [-0.25, -0.2) is 4.98 Å². The topological polar surface area (TPSA) is 28.6 Å². The number of hydrogen-bond acceptors (Lipinski definition) is 5. The van der Waals surface area contributed by atoms with Crippen molar-refractivity contribution < 1.29 is 4.74 Å². The molecule has 0 aliphatic carbocycles. The van der Waals surface area contributed by atoms with E-state index in [1.54, 1.807) is 11.3 Å². The highest BCUT2D eigenvalue weighted by molar-refractivity contribution is 7.13. The highest BCUT2D eigenvalue weighted by atomic mass is 35.5. The fraction of sp³-hybridized carbons (Fsp3) is 0.318. The van der Waals surface area contributed by atoms with Crippen LogP contribution in [0.5, 0.6) is 0 Å². The lowest BCUT2D eigenvalue weighted by molar-refractivity contribution is 0.0586. The number of aromatic nitrogens is 1. The number of anilines is 1. The molecule has 1 aliphatic rings. The SMILES string of the molecule is Clc1ccc(C(OCCN2CCN(c3nccs3)CC2)c2ccccc2)cc1. The summed E-state index contributed by atoms with van der Waals surface area (Å²) in [5, 5.41) is 3.91. The zero-order valence-electron chi connectivity index (χ0n) is 15.7. The molecule has 1 aromatic heterocycles. The number of halogens is 1. The Hall–Kier alpha value is -1.92. The normalized spacial score (nSPS) is 16.2. The molecular weight excluding hydrogens is 390 g/mol. The monoisotopic (exact) mass is 413 g/mol. The Morgan fingerprint density at radius 1 is 0.964 bits per heavy atom. The predicted octanol–water partition coefficient (Wildman–Crippen LogP) is 4.72. The van der Waals surface area contributed by atoms with Crippen molar-refractivity contribution in [2.24, 2.45) is 0 Å². The van der Waals surface area contributed by atoms with E-state index in [0.717, 1.165) is 48.4 Å². The van der Waals surface area contributed by atoms with Crippen LogP contribution in [0.3, 0.4) is 0 Å². The summed E-state index contributed by atoms with van der Waals surface area (Å²) in [6.07, 6.45) is 1.80. The van der Waals surface area contributed by atoms with Crippen LogP contribution in [0.2, 0.25) is 5.02 Å². The van der Waals surface area contributed by atoms with Crippen molar-refractivity contribution in [3.63, 3.8) is 0 Å². The fourth-order valence-electron chi connectivity index (χ4n) is 3.48. The molecule has 0 amide bonds. The van der Waals surface area contributed by atoms with Crippen LogP contribution in [0.25, 0.3) is 0 Å². The Bertz CT molecular complexity index is 834. The summed E-state index contributed by atoms with van der Waals surface area (Å²) in [6, 6.07) is 18.3. The van der Waals surface area contributed by atoms with E-state index in [1.807, 2.05) is 41.9 Å². The summed E-state index contributed by atoms with van der Waals surface area (Å²) in [4.78, 5) is 9.25. The maximum Gasteiger partial charge on any atom is 0.185 e. The molecule has 28 heavy (non-hydrogen) atoms. The molecule has 4 rings (SSSR count). The third-order valence-electron chi connectivity index (χ3n) is 5.03. The predicted molar refractivity (Wildman–Crippen MR) is 116 cm³/mol. The minimum absolute atomic E-state index is 0.0740. The summed E-state index contributed by atoms with van der Waals surface area (Å²) in [6.45, 7) is 5.75. The lowest BCUT2D eigenvalue weighted by atomic mass is 10.0. The molecule has 6 heteroatoms. The Morgan fingerprint density at radius 2 is 1.68 bits per heavy atom. The number of hydrogen-bond donors (Lipinski definition) is 0. The molecule has 0 spiro atoms. The maximum atomic E-state index is 6.35. The first-order valence-electron chi connectivity index (χ1n) is 9.58. The van der Waals surface area contributed by atoms with E-state index in [2.05, 4.69) is 39.0 Å². The Kier molecular flexibility index (Phi) is 6.60. The highest BCUT2D eigenvalue weighted by Gasteiger charge is 2.20. The average Bonchev–Trinajstić information content (AvgIpc) is 3.28. The van der Waals surface area contributed by atoms with Gasteiger partial charge >= 0.3 is 0 Å². The van der Waals surface area contributed by atoms with E-state index in [0.29, 0.717) is 6.61 Å². The number of benzene rings is 2. The van der Waals surface area contributed by atoms with Crippen molar-refractivity contribution in [2.45, 2.75) is 6.10 Å². The van der Waals surface area contributed by atoms with Crippen LogP contribution in [0, 0.1) is 0 Å². The van der Waals surface area contributed by atoms with Gasteiger partial charge in [-0.3, -0.25) is 4.90 Å². The van der Waals surface area contributed by atoms with Gasteiger partial charge in [-0.15, -0.1) is 11.3 Å². The van der Waals surface area contributed by atoms with Crippen LogP contribution >= 0.6 is 22.9 Å². The third-order valence-corrected chi connectivity index (χ3v) is 6.11. The summed E-state index contributed by atoms with van der Waals surface area (Å²) in [5.74, 6) is 0. The van der Waals surface area contributed by atoms with Crippen molar-refractivity contribution in [3.8, 4) is 0 Å². The summed E-state index contributed by atoms with van der Waals surface area (Å²) < 4.78 is 6.35. The smallest absolute Gasteiger partial charge is 0.185 e. The van der Waals surface area contributed by atoms with Crippen LogP contribution in [-0.2, 0) is 4.74 Å².